The van der Waals surface area contributed by atoms with Crippen LogP contribution in [0.25, 0.3) is 0 Å². The summed E-state index contributed by atoms with van der Waals surface area (Å²) in [6.07, 6.45) is 65.1. The van der Waals surface area contributed by atoms with Crippen LogP contribution in [0.1, 0.15) is 447 Å². The number of aliphatic hydroxyl groups is 1. The van der Waals surface area contributed by atoms with Gasteiger partial charge in [0.15, 0.2) is 12.2 Å². The van der Waals surface area contributed by atoms with Gasteiger partial charge in [0, 0.05) is 25.7 Å². The monoisotopic (exact) mass is 1520 g/mol. The van der Waals surface area contributed by atoms with E-state index in [1.54, 1.807) is 0 Å². The first-order valence-electron chi connectivity index (χ1n) is 44.0. The van der Waals surface area contributed by atoms with Crippen molar-refractivity contribution in [2.24, 2.45) is 17.8 Å². The van der Waals surface area contributed by atoms with Crippen LogP contribution < -0.4 is 0 Å². The van der Waals surface area contributed by atoms with Gasteiger partial charge in [0.25, 0.3) is 0 Å². The first-order chi connectivity index (χ1) is 50.3. The molecule has 0 heterocycles. The Labute approximate surface area is 638 Å². The van der Waals surface area contributed by atoms with Crippen molar-refractivity contribution in [2.45, 2.75) is 465 Å². The van der Waals surface area contributed by atoms with Crippen molar-refractivity contribution in [3.63, 3.8) is 0 Å². The number of unbranched alkanes of at least 4 members (excludes halogenated alkanes) is 48. The molecule has 0 rings (SSSR count). The Morgan fingerprint density at radius 1 is 0.269 bits per heavy atom. The molecular formula is C85H166O17P2. The minimum absolute atomic E-state index is 0.105. The number of ether oxygens (including phenoxy) is 4. The number of carbonyl (C=O) groups excluding carboxylic acids is 4. The lowest BCUT2D eigenvalue weighted by atomic mass is 9.99. The highest BCUT2D eigenvalue weighted by molar-refractivity contribution is 7.47. The number of phosphoric acid groups is 2. The molecule has 0 bridgehead atoms. The molecule has 8 atom stereocenters. The molecule has 0 amide bonds. The molecule has 0 saturated carbocycles. The van der Waals surface area contributed by atoms with Crippen LogP contribution in [0.15, 0.2) is 0 Å². The van der Waals surface area contributed by atoms with Gasteiger partial charge in [-0.25, -0.2) is 9.13 Å². The predicted octanol–water partition coefficient (Wildman–Crippen LogP) is 25.7. The van der Waals surface area contributed by atoms with Crippen molar-refractivity contribution in [1.29, 1.82) is 0 Å². The summed E-state index contributed by atoms with van der Waals surface area (Å²) in [5, 5.41) is 10.7. The van der Waals surface area contributed by atoms with Gasteiger partial charge in [-0.05, 0) is 43.4 Å². The van der Waals surface area contributed by atoms with Gasteiger partial charge in [0.1, 0.15) is 19.3 Å². The highest BCUT2D eigenvalue weighted by Gasteiger charge is 2.30. The maximum absolute atomic E-state index is 13.1. The average molecular weight is 1520 g/mol. The van der Waals surface area contributed by atoms with Crippen LogP contribution in [0.3, 0.4) is 0 Å². The van der Waals surface area contributed by atoms with Gasteiger partial charge in [-0.1, -0.05) is 395 Å². The fourth-order valence-electron chi connectivity index (χ4n) is 13.1. The largest absolute Gasteiger partial charge is 0.472 e. The normalized spacial score (nSPS) is 14.7. The van der Waals surface area contributed by atoms with Crippen molar-refractivity contribution < 1.29 is 80.2 Å². The van der Waals surface area contributed by atoms with E-state index in [1.165, 1.54) is 257 Å². The number of rotatable bonds is 83. The van der Waals surface area contributed by atoms with Crippen molar-refractivity contribution >= 4 is 39.5 Å². The van der Waals surface area contributed by atoms with Gasteiger partial charge in [0.05, 0.1) is 26.4 Å². The van der Waals surface area contributed by atoms with Crippen molar-refractivity contribution in [3.05, 3.63) is 0 Å². The predicted molar refractivity (Wildman–Crippen MR) is 428 cm³/mol. The van der Waals surface area contributed by atoms with Crippen molar-refractivity contribution in [1.82, 2.24) is 0 Å². The minimum Gasteiger partial charge on any atom is -0.462 e. The molecule has 19 heteroatoms. The van der Waals surface area contributed by atoms with E-state index >= 15 is 0 Å². The summed E-state index contributed by atoms with van der Waals surface area (Å²) in [6, 6.07) is 0. The maximum Gasteiger partial charge on any atom is 0.472 e. The Balaban J connectivity index is 5.23. The van der Waals surface area contributed by atoms with Gasteiger partial charge >= 0.3 is 39.5 Å². The highest BCUT2D eigenvalue weighted by Crippen LogP contribution is 2.45. The van der Waals surface area contributed by atoms with E-state index in [4.69, 9.17) is 37.0 Å². The number of esters is 4. The SMILES string of the molecule is CCCCCCCCCCCCCCC(=O)OC[C@H](COP(=O)(O)OC[C@H](O)COP(=O)(O)OC[C@@H](COC(=O)CCCCCCCCCCCCCCCCC(C)CC)OC(=O)CCCCCCCCCCCCCCCCCCCCC(C)CC)OC(=O)CCCCCCCCCCC(C)CC. The van der Waals surface area contributed by atoms with E-state index in [9.17, 15) is 43.2 Å². The van der Waals surface area contributed by atoms with Crippen LogP contribution in [0.2, 0.25) is 0 Å². The fraction of sp³-hybridized carbons (Fsp3) is 0.953. The summed E-state index contributed by atoms with van der Waals surface area (Å²) >= 11 is 0. The Bertz CT molecular complexity index is 2010. The Morgan fingerprint density at radius 3 is 0.683 bits per heavy atom. The number of aliphatic hydroxyl groups excluding tert-OH is 1. The first kappa shape index (κ1) is 102. The molecule has 0 aromatic rings. The highest BCUT2D eigenvalue weighted by atomic mass is 31.2. The third kappa shape index (κ3) is 74.2. The molecule has 0 spiro atoms. The summed E-state index contributed by atoms with van der Waals surface area (Å²) in [7, 11) is -9.93. The standard InChI is InChI=1S/C85H166O17P2/c1-8-12-13-14-15-16-17-32-37-45-52-59-66-82(87)96-73-81(102-85(90)69-62-55-48-41-40-44-51-58-65-78(7)11-4)75-100-104(93,94)98-71-79(86)70-97-103(91,92)99-74-80(72-95-83(88)67-60-53-46-38-33-28-25-24-27-31-36-43-50-57-64-77(6)10-3)101-84(89)68-61-54-47-39-34-29-23-21-19-18-20-22-26-30-35-42-49-56-63-76(5)9-2/h76-81,86H,8-75H2,1-7H3,(H,91,92)(H,93,94)/t76?,77?,78?,79-,80-,81-/m1/s1. The van der Waals surface area contributed by atoms with Crippen LogP contribution in [0.5, 0.6) is 0 Å². The molecule has 0 aromatic heterocycles. The Kier molecular flexibility index (Phi) is 73.7. The number of hydrogen-bond donors (Lipinski definition) is 3. The minimum atomic E-state index is -4.97. The topological polar surface area (TPSA) is 237 Å². The molecule has 3 N–H and O–H groups in total. The van der Waals surface area contributed by atoms with Crippen LogP contribution in [-0.2, 0) is 65.4 Å². The zero-order chi connectivity index (χ0) is 76.5. The van der Waals surface area contributed by atoms with E-state index in [-0.39, 0.29) is 25.7 Å². The van der Waals surface area contributed by atoms with Gasteiger partial charge in [-0.15, -0.1) is 0 Å². The van der Waals surface area contributed by atoms with E-state index in [0.29, 0.717) is 25.7 Å². The molecule has 0 aromatic carbocycles. The van der Waals surface area contributed by atoms with E-state index < -0.39 is 97.5 Å². The zero-order valence-electron chi connectivity index (χ0n) is 68.5. The molecule has 104 heavy (non-hydrogen) atoms. The average Bonchev–Trinajstić information content (AvgIpc) is 0.904. The molecule has 0 saturated heterocycles. The summed E-state index contributed by atoms with van der Waals surface area (Å²) in [6.45, 7) is 12.1. The summed E-state index contributed by atoms with van der Waals surface area (Å²) < 4.78 is 68.8. The molecule has 0 fully saturated rings. The third-order valence-corrected chi connectivity index (χ3v) is 22.9. The van der Waals surface area contributed by atoms with E-state index in [0.717, 1.165) is 108 Å². The lowest BCUT2D eigenvalue weighted by Crippen LogP contribution is -2.30. The molecule has 0 radical (unpaired) electrons. The second-order valence-electron chi connectivity index (χ2n) is 31.3. The number of phosphoric ester groups is 2. The Hall–Kier alpha value is -1.94. The van der Waals surface area contributed by atoms with Gasteiger partial charge < -0.3 is 33.8 Å². The summed E-state index contributed by atoms with van der Waals surface area (Å²) in [4.78, 5) is 73.2. The van der Waals surface area contributed by atoms with E-state index in [1.807, 2.05) is 0 Å². The molecule has 17 nitrogen and oxygen atoms in total. The number of hydrogen-bond acceptors (Lipinski definition) is 15. The molecule has 5 unspecified atom stereocenters. The second kappa shape index (κ2) is 75.1. The lowest BCUT2D eigenvalue weighted by molar-refractivity contribution is -0.161. The first-order valence-corrected chi connectivity index (χ1v) is 47.0. The van der Waals surface area contributed by atoms with Crippen molar-refractivity contribution in [3.8, 4) is 0 Å². The lowest BCUT2D eigenvalue weighted by Gasteiger charge is -2.21. The quantitative estimate of drug-likeness (QED) is 0.0222. The van der Waals surface area contributed by atoms with Crippen molar-refractivity contribution in [2.75, 3.05) is 39.6 Å². The van der Waals surface area contributed by atoms with Gasteiger partial charge in [-0.3, -0.25) is 37.3 Å². The van der Waals surface area contributed by atoms with E-state index in [2.05, 4.69) is 48.5 Å². The Morgan fingerprint density at radius 2 is 0.462 bits per heavy atom. The molecule has 618 valence electrons. The summed E-state index contributed by atoms with van der Waals surface area (Å²) in [5.74, 6) is 0.384. The smallest absolute Gasteiger partial charge is 0.462 e. The van der Waals surface area contributed by atoms with Crippen LogP contribution in [-0.4, -0.2) is 96.7 Å². The van der Waals surface area contributed by atoms with Crippen LogP contribution in [0.4, 0.5) is 0 Å². The van der Waals surface area contributed by atoms with Crippen LogP contribution >= 0.6 is 15.6 Å². The summed E-state index contributed by atoms with van der Waals surface area (Å²) in [5.41, 5.74) is 0. The van der Waals surface area contributed by atoms with Crippen LogP contribution in [0, 0.1) is 17.8 Å². The van der Waals surface area contributed by atoms with Gasteiger partial charge in [-0.2, -0.15) is 0 Å². The fourth-order valence-corrected chi connectivity index (χ4v) is 14.7. The molecule has 0 aliphatic heterocycles. The zero-order valence-corrected chi connectivity index (χ0v) is 70.3. The molecular weight excluding hydrogens is 1350 g/mol. The molecule has 0 aliphatic carbocycles. The maximum atomic E-state index is 13.1. The van der Waals surface area contributed by atoms with Gasteiger partial charge in [0.2, 0.25) is 0 Å². The number of carbonyl (C=O) groups is 4. The molecule has 0 aliphatic rings. The third-order valence-electron chi connectivity index (χ3n) is 21.0. The second-order valence-corrected chi connectivity index (χ2v) is 34.2.